The first-order chi connectivity index (χ1) is 15.3. The van der Waals surface area contributed by atoms with Gasteiger partial charge in [-0.15, -0.1) is 0 Å². The third-order valence-corrected chi connectivity index (χ3v) is 6.49. The van der Waals surface area contributed by atoms with Gasteiger partial charge in [0, 0.05) is 36.4 Å². The molecule has 4 rings (SSSR count). The molecule has 10 nitrogen and oxygen atoms in total. The molecule has 0 amide bonds. The molecule has 0 aliphatic heterocycles. The van der Waals surface area contributed by atoms with Crippen LogP contribution in [0, 0.1) is 20.8 Å². The topological polar surface area (TPSA) is 120 Å². The zero-order valence-electron chi connectivity index (χ0n) is 18.2. The first-order valence-corrected chi connectivity index (χ1v) is 11.5. The number of rotatable bonds is 7. The minimum absolute atomic E-state index is 0.212. The molecule has 11 heteroatoms. The van der Waals surface area contributed by atoms with Crippen LogP contribution in [0.3, 0.4) is 0 Å². The summed E-state index contributed by atoms with van der Waals surface area (Å²) in [6.07, 6.45) is 3.49. The number of sulfonamides is 1. The molecule has 4 aromatic rings. The fraction of sp³-hybridized carbons (Fsp3) is 0.238. The van der Waals surface area contributed by atoms with Crippen molar-refractivity contribution in [2.24, 2.45) is 0 Å². The Kier molecular flexibility index (Phi) is 5.66. The maximum Gasteiger partial charge on any atom is 0.265 e. The van der Waals surface area contributed by atoms with E-state index in [1.807, 2.05) is 13.0 Å². The molecule has 0 radical (unpaired) electrons. The summed E-state index contributed by atoms with van der Waals surface area (Å²) in [6, 6.07) is 10.5. The first kappa shape index (κ1) is 21.5. The third kappa shape index (κ3) is 4.33. The Bertz CT molecular complexity index is 1340. The van der Waals surface area contributed by atoms with Crippen LogP contribution >= 0.6 is 0 Å². The van der Waals surface area contributed by atoms with E-state index in [1.165, 1.54) is 0 Å². The van der Waals surface area contributed by atoms with Crippen molar-refractivity contribution in [2.45, 2.75) is 39.1 Å². The second-order valence-electron chi connectivity index (χ2n) is 7.23. The van der Waals surface area contributed by atoms with Crippen molar-refractivity contribution in [3.63, 3.8) is 0 Å². The van der Waals surface area contributed by atoms with E-state index in [-0.39, 0.29) is 4.90 Å². The van der Waals surface area contributed by atoms with E-state index in [2.05, 4.69) is 30.2 Å². The molecule has 0 saturated carbocycles. The smallest absolute Gasteiger partial charge is 0.265 e. The summed E-state index contributed by atoms with van der Waals surface area (Å²) in [5.74, 6) is 1.85. The molecular weight excluding hydrogens is 428 g/mol. The summed E-state index contributed by atoms with van der Waals surface area (Å²) in [6.45, 7) is 7.79. The van der Waals surface area contributed by atoms with E-state index < -0.39 is 10.0 Å². The molecule has 0 aliphatic rings. The molecular formula is C21H24N8O2S. The molecule has 0 saturated heterocycles. The highest BCUT2D eigenvalue weighted by Gasteiger charge is 2.24. The highest BCUT2D eigenvalue weighted by molar-refractivity contribution is 7.92. The number of nitrogens with zero attached hydrogens (tertiary/aromatic N) is 6. The molecule has 0 aliphatic carbocycles. The van der Waals surface area contributed by atoms with Crippen molar-refractivity contribution < 1.29 is 8.42 Å². The zero-order chi connectivity index (χ0) is 22.9. The van der Waals surface area contributed by atoms with E-state index in [4.69, 9.17) is 0 Å². The van der Waals surface area contributed by atoms with Crippen molar-refractivity contribution in [3.05, 3.63) is 66.0 Å². The largest absolute Gasteiger partial charge is 0.340 e. The number of nitrogens with one attached hydrogen (secondary N) is 2. The van der Waals surface area contributed by atoms with Gasteiger partial charge < -0.3 is 5.32 Å². The third-order valence-electron chi connectivity index (χ3n) is 4.86. The predicted octanol–water partition coefficient (Wildman–Crippen LogP) is 3.35. The van der Waals surface area contributed by atoms with Gasteiger partial charge in [0.2, 0.25) is 0 Å². The Labute approximate surface area is 186 Å². The van der Waals surface area contributed by atoms with E-state index in [1.54, 1.807) is 72.9 Å². The standard InChI is InChI=1S/C21H24N8O2S/c1-5-28-15(3)21(14(2)26-28)32(30,31)27-18-9-7-17(8-10-18)25-19-13-20(24-16(4)23-19)29-12-6-11-22-29/h6-13,27H,5H2,1-4H3,(H,23,24,25). The molecule has 2 N–H and O–H groups in total. The molecule has 0 bridgehead atoms. The summed E-state index contributed by atoms with van der Waals surface area (Å²) in [4.78, 5) is 9.01. The number of aryl methyl sites for hydroxylation is 3. The van der Waals surface area contributed by atoms with Crippen LogP contribution in [0.2, 0.25) is 0 Å². The van der Waals surface area contributed by atoms with Gasteiger partial charge in [0.1, 0.15) is 16.5 Å². The number of anilines is 3. The van der Waals surface area contributed by atoms with Gasteiger partial charge in [-0.25, -0.2) is 23.1 Å². The highest BCUT2D eigenvalue weighted by atomic mass is 32.2. The lowest BCUT2D eigenvalue weighted by molar-refractivity contribution is 0.598. The summed E-state index contributed by atoms with van der Waals surface area (Å²) in [7, 11) is -3.76. The Morgan fingerprint density at radius 3 is 2.38 bits per heavy atom. The van der Waals surface area contributed by atoms with Crippen LogP contribution in [-0.4, -0.2) is 37.9 Å². The van der Waals surface area contributed by atoms with Crippen molar-refractivity contribution in [1.82, 2.24) is 29.5 Å². The lowest BCUT2D eigenvalue weighted by atomic mass is 10.3. The van der Waals surface area contributed by atoms with Gasteiger partial charge in [-0.1, -0.05) is 0 Å². The quantitative estimate of drug-likeness (QED) is 0.441. The van der Waals surface area contributed by atoms with Gasteiger partial charge >= 0.3 is 0 Å². The lowest BCUT2D eigenvalue weighted by Crippen LogP contribution is -2.15. The number of hydrogen-bond donors (Lipinski definition) is 2. The lowest BCUT2D eigenvalue weighted by Gasteiger charge is -2.11. The van der Waals surface area contributed by atoms with Gasteiger partial charge in [-0.2, -0.15) is 10.2 Å². The minimum Gasteiger partial charge on any atom is -0.340 e. The average molecular weight is 453 g/mol. The average Bonchev–Trinajstić information content (AvgIpc) is 3.37. The van der Waals surface area contributed by atoms with Crippen LogP contribution in [0.1, 0.15) is 24.1 Å². The van der Waals surface area contributed by atoms with Crippen molar-refractivity contribution >= 4 is 27.2 Å². The van der Waals surface area contributed by atoms with Crippen LogP contribution in [0.4, 0.5) is 17.2 Å². The normalized spacial score (nSPS) is 11.5. The number of aromatic nitrogens is 6. The predicted molar refractivity (Wildman–Crippen MR) is 122 cm³/mol. The maximum atomic E-state index is 12.9. The molecule has 0 fully saturated rings. The molecule has 0 unspecified atom stereocenters. The van der Waals surface area contributed by atoms with E-state index in [0.717, 1.165) is 5.69 Å². The molecule has 166 valence electrons. The Morgan fingerprint density at radius 1 is 1.03 bits per heavy atom. The van der Waals surface area contributed by atoms with Gasteiger partial charge in [-0.3, -0.25) is 9.40 Å². The summed E-state index contributed by atoms with van der Waals surface area (Å²) < 4.78 is 31.8. The van der Waals surface area contributed by atoms with Crippen LogP contribution in [0.5, 0.6) is 0 Å². The summed E-state index contributed by atoms with van der Waals surface area (Å²) in [5.41, 5.74) is 2.29. The van der Waals surface area contributed by atoms with Crippen molar-refractivity contribution in [3.8, 4) is 5.82 Å². The number of hydrogen-bond acceptors (Lipinski definition) is 7. The number of benzene rings is 1. The monoisotopic (exact) mass is 452 g/mol. The van der Waals surface area contributed by atoms with Crippen LogP contribution in [0.15, 0.2) is 53.7 Å². The van der Waals surface area contributed by atoms with Crippen LogP contribution < -0.4 is 10.0 Å². The summed E-state index contributed by atoms with van der Waals surface area (Å²) in [5, 5.41) is 11.7. The fourth-order valence-electron chi connectivity index (χ4n) is 3.49. The first-order valence-electron chi connectivity index (χ1n) is 10.1. The van der Waals surface area contributed by atoms with Gasteiger partial charge in [0.15, 0.2) is 5.82 Å². The molecule has 3 aromatic heterocycles. The Hall–Kier alpha value is -3.73. The molecule has 0 atom stereocenters. The highest BCUT2D eigenvalue weighted by Crippen LogP contribution is 2.24. The van der Waals surface area contributed by atoms with Gasteiger partial charge in [0.05, 0.1) is 11.4 Å². The molecule has 3 heterocycles. The van der Waals surface area contributed by atoms with Gasteiger partial charge in [0.25, 0.3) is 10.0 Å². The molecule has 1 aromatic carbocycles. The summed E-state index contributed by atoms with van der Waals surface area (Å²) >= 11 is 0. The minimum atomic E-state index is -3.76. The molecule has 32 heavy (non-hydrogen) atoms. The SMILES string of the molecule is CCn1nc(C)c(S(=O)(=O)Nc2ccc(Nc3cc(-n4cccn4)nc(C)n3)cc2)c1C. The second-order valence-corrected chi connectivity index (χ2v) is 8.85. The van der Waals surface area contributed by atoms with Gasteiger partial charge in [-0.05, 0) is 58.0 Å². The van der Waals surface area contributed by atoms with E-state index in [9.17, 15) is 8.42 Å². The second kappa shape index (κ2) is 8.42. The van der Waals surface area contributed by atoms with E-state index >= 15 is 0 Å². The fourth-order valence-corrected chi connectivity index (χ4v) is 4.96. The Morgan fingerprint density at radius 2 is 1.75 bits per heavy atom. The van der Waals surface area contributed by atoms with Crippen LogP contribution in [-0.2, 0) is 16.6 Å². The van der Waals surface area contributed by atoms with Crippen molar-refractivity contribution in [1.29, 1.82) is 0 Å². The zero-order valence-corrected chi connectivity index (χ0v) is 19.1. The Balaban J connectivity index is 1.53. The van der Waals surface area contributed by atoms with E-state index in [0.29, 0.717) is 41.1 Å². The van der Waals surface area contributed by atoms with Crippen LogP contribution in [0.25, 0.3) is 5.82 Å². The van der Waals surface area contributed by atoms with Crippen molar-refractivity contribution in [2.75, 3.05) is 10.0 Å². The maximum absolute atomic E-state index is 12.9. The molecule has 0 spiro atoms.